The zero-order chi connectivity index (χ0) is 13.5. The zero-order valence-electron chi connectivity index (χ0n) is 11.5. The molecule has 0 spiro atoms. The number of hydrogen-bond acceptors (Lipinski definition) is 3. The molecule has 1 saturated heterocycles. The standard InChI is InChI=1S/C15H22ClNO2/c1-2-7-17-11-12-10-13(16)3-4-15(12)19-14-5-8-18-9-6-14/h3-4,10,14,17H,2,5-9,11H2,1H3. The molecule has 4 heteroatoms. The minimum Gasteiger partial charge on any atom is -0.490 e. The van der Waals surface area contributed by atoms with E-state index in [1.54, 1.807) is 0 Å². The molecule has 0 amide bonds. The van der Waals surface area contributed by atoms with Crippen LogP contribution in [0.1, 0.15) is 31.7 Å². The molecule has 1 aliphatic rings. The van der Waals surface area contributed by atoms with Crippen LogP contribution in [0.5, 0.6) is 5.75 Å². The Morgan fingerprint density at radius 3 is 2.89 bits per heavy atom. The quantitative estimate of drug-likeness (QED) is 0.812. The molecule has 0 saturated carbocycles. The molecule has 1 N–H and O–H groups in total. The lowest BCUT2D eigenvalue weighted by atomic mass is 10.1. The summed E-state index contributed by atoms with van der Waals surface area (Å²) in [7, 11) is 0. The largest absolute Gasteiger partial charge is 0.490 e. The zero-order valence-corrected chi connectivity index (χ0v) is 12.2. The Morgan fingerprint density at radius 1 is 1.37 bits per heavy atom. The first-order chi connectivity index (χ1) is 9.29. The fourth-order valence-electron chi connectivity index (χ4n) is 2.17. The summed E-state index contributed by atoms with van der Waals surface area (Å²) in [5, 5.41) is 4.15. The van der Waals surface area contributed by atoms with Gasteiger partial charge >= 0.3 is 0 Å². The predicted molar refractivity (Wildman–Crippen MR) is 77.9 cm³/mol. The molecule has 0 radical (unpaired) electrons. The van der Waals surface area contributed by atoms with Gasteiger partial charge in [-0.1, -0.05) is 18.5 Å². The van der Waals surface area contributed by atoms with E-state index in [4.69, 9.17) is 21.1 Å². The number of halogens is 1. The molecule has 3 nitrogen and oxygen atoms in total. The minimum absolute atomic E-state index is 0.264. The SMILES string of the molecule is CCCNCc1cc(Cl)ccc1OC1CCOCC1. The lowest BCUT2D eigenvalue weighted by molar-refractivity contribution is 0.0251. The van der Waals surface area contributed by atoms with Gasteiger partial charge in [0.1, 0.15) is 11.9 Å². The molecule has 0 aromatic heterocycles. The first-order valence-electron chi connectivity index (χ1n) is 7.03. The van der Waals surface area contributed by atoms with Gasteiger partial charge in [-0.3, -0.25) is 0 Å². The fraction of sp³-hybridized carbons (Fsp3) is 0.600. The van der Waals surface area contributed by atoms with E-state index < -0.39 is 0 Å². The maximum atomic E-state index is 6.09. The second kappa shape index (κ2) is 7.73. The summed E-state index contributed by atoms with van der Waals surface area (Å²) >= 11 is 6.07. The summed E-state index contributed by atoms with van der Waals surface area (Å²) in [4.78, 5) is 0. The molecule has 106 valence electrons. The Labute approximate surface area is 120 Å². The highest BCUT2D eigenvalue weighted by molar-refractivity contribution is 6.30. The average Bonchev–Trinajstić information content (AvgIpc) is 2.43. The molecule has 1 heterocycles. The molecule has 1 aromatic carbocycles. The third kappa shape index (κ3) is 4.68. The van der Waals surface area contributed by atoms with Gasteiger partial charge in [0.15, 0.2) is 0 Å². The molecule has 1 aromatic rings. The van der Waals surface area contributed by atoms with Crippen LogP contribution in [0, 0.1) is 0 Å². The van der Waals surface area contributed by atoms with E-state index >= 15 is 0 Å². The van der Waals surface area contributed by atoms with Gasteiger partial charge in [-0.05, 0) is 31.2 Å². The Balaban J connectivity index is 2.00. The summed E-state index contributed by atoms with van der Waals surface area (Å²) in [6.07, 6.45) is 3.31. The highest BCUT2D eigenvalue weighted by Gasteiger charge is 2.16. The molecule has 0 aliphatic carbocycles. The van der Waals surface area contributed by atoms with Crippen molar-refractivity contribution in [3.63, 3.8) is 0 Å². The van der Waals surface area contributed by atoms with Crippen molar-refractivity contribution in [2.75, 3.05) is 19.8 Å². The van der Waals surface area contributed by atoms with Crippen molar-refractivity contribution in [2.45, 2.75) is 38.8 Å². The van der Waals surface area contributed by atoms with Crippen molar-refractivity contribution in [1.82, 2.24) is 5.32 Å². The van der Waals surface area contributed by atoms with Gasteiger partial charge in [0.2, 0.25) is 0 Å². The molecular weight excluding hydrogens is 262 g/mol. The number of benzene rings is 1. The number of ether oxygens (including phenoxy) is 2. The first kappa shape index (κ1) is 14.6. The van der Waals surface area contributed by atoms with Crippen LogP contribution >= 0.6 is 11.6 Å². The maximum Gasteiger partial charge on any atom is 0.124 e. The maximum absolute atomic E-state index is 6.09. The van der Waals surface area contributed by atoms with Crippen molar-refractivity contribution in [2.24, 2.45) is 0 Å². The molecule has 0 atom stereocenters. The third-order valence-corrected chi connectivity index (χ3v) is 3.46. The monoisotopic (exact) mass is 283 g/mol. The smallest absolute Gasteiger partial charge is 0.124 e. The summed E-state index contributed by atoms with van der Waals surface area (Å²) in [5.41, 5.74) is 1.13. The summed E-state index contributed by atoms with van der Waals surface area (Å²) in [6, 6.07) is 5.85. The van der Waals surface area contributed by atoms with Crippen molar-refractivity contribution in [3.8, 4) is 5.75 Å². The van der Waals surface area contributed by atoms with Crippen LogP contribution in [0.3, 0.4) is 0 Å². The van der Waals surface area contributed by atoms with Crippen molar-refractivity contribution < 1.29 is 9.47 Å². The molecule has 1 fully saturated rings. The van der Waals surface area contributed by atoms with Gasteiger partial charge in [0.05, 0.1) is 13.2 Å². The van der Waals surface area contributed by atoms with Crippen LogP contribution in [0.25, 0.3) is 0 Å². The second-order valence-corrected chi connectivity index (χ2v) is 5.29. The Kier molecular flexibility index (Phi) is 5.95. The second-order valence-electron chi connectivity index (χ2n) is 4.86. The lowest BCUT2D eigenvalue weighted by Crippen LogP contribution is -2.26. The normalized spacial score (nSPS) is 16.5. The van der Waals surface area contributed by atoms with Crippen LogP contribution in [0.2, 0.25) is 5.02 Å². The Bertz CT molecular complexity index is 392. The van der Waals surface area contributed by atoms with Crippen LogP contribution in [-0.2, 0) is 11.3 Å². The van der Waals surface area contributed by atoms with Crippen LogP contribution in [0.15, 0.2) is 18.2 Å². The van der Waals surface area contributed by atoms with Crippen LogP contribution in [0.4, 0.5) is 0 Å². The van der Waals surface area contributed by atoms with Gasteiger partial charge < -0.3 is 14.8 Å². The fourth-order valence-corrected chi connectivity index (χ4v) is 2.37. The molecule has 1 aliphatic heterocycles. The summed E-state index contributed by atoms with van der Waals surface area (Å²) in [5.74, 6) is 0.944. The van der Waals surface area contributed by atoms with E-state index in [1.807, 2.05) is 18.2 Å². The highest BCUT2D eigenvalue weighted by atomic mass is 35.5. The van der Waals surface area contributed by atoms with E-state index in [0.717, 1.165) is 61.9 Å². The number of rotatable bonds is 6. The Morgan fingerprint density at radius 2 is 2.16 bits per heavy atom. The summed E-state index contributed by atoms with van der Waals surface area (Å²) in [6.45, 7) is 5.55. The lowest BCUT2D eigenvalue weighted by Gasteiger charge is -2.24. The molecule has 0 unspecified atom stereocenters. The van der Waals surface area contributed by atoms with E-state index in [0.29, 0.717) is 0 Å². The first-order valence-corrected chi connectivity index (χ1v) is 7.41. The van der Waals surface area contributed by atoms with Crippen molar-refractivity contribution in [3.05, 3.63) is 28.8 Å². The van der Waals surface area contributed by atoms with Gasteiger partial charge in [0.25, 0.3) is 0 Å². The van der Waals surface area contributed by atoms with Gasteiger partial charge in [0, 0.05) is 30.0 Å². The summed E-state index contributed by atoms with van der Waals surface area (Å²) < 4.78 is 11.4. The van der Waals surface area contributed by atoms with Gasteiger partial charge in [-0.2, -0.15) is 0 Å². The van der Waals surface area contributed by atoms with Crippen LogP contribution < -0.4 is 10.1 Å². The van der Waals surface area contributed by atoms with E-state index in [-0.39, 0.29) is 6.10 Å². The van der Waals surface area contributed by atoms with Gasteiger partial charge in [-0.25, -0.2) is 0 Å². The molecule has 2 rings (SSSR count). The minimum atomic E-state index is 0.264. The number of hydrogen-bond donors (Lipinski definition) is 1. The topological polar surface area (TPSA) is 30.5 Å². The molecule has 0 bridgehead atoms. The number of nitrogens with one attached hydrogen (secondary N) is 1. The highest BCUT2D eigenvalue weighted by Crippen LogP contribution is 2.25. The van der Waals surface area contributed by atoms with Crippen LogP contribution in [-0.4, -0.2) is 25.9 Å². The third-order valence-electron chi connectivity index (χ3n) is 3.23. The predicted octanol–water partition coefficient (Wildman–Crippen LogP) is 3.40. The van der Waals surface area contributed by atoms with E-state index in [2.05, 4.69) is 12.2 Å². The molecular formula is C15H22ClNO2. The van der Waals surface area contributed by atoms with E-state index in [1.165, 1.54) is 0 Å². The van der Waals surface area contributed by atoms with Crippen molar-refractivity contribution >= 4 is 11.6 Å². The average molecular weight is 284 g/mol. The van der Waals surface area contributed by atoms with Crippen molar-refractivity contribution in [1.29, 1.82) is 0 Å². The molecule has 19 heavy (non-hydrogen) atoms. The van der Waals surface area contributed by atoms with Gasteiger partial charge in [-0.15, -0.1) is 0 Å². The Hall–Kier alpha value is -0.770. The van der Waals surface area contributed by atoms with E-state index in [9.17, 15) is 0 Å².